The van der Waals surface area contributed by atoms with Crippen LogP contribution in [0.25, 0.3) is 0 Å². The first-order valence-corrected chi connectivity index (χ1v) is 7.29. The number of imidazole rings is 1. The van der Waals surface area contributed by atoms with Gasteiger partial charge in [-0.25, -0.2) is 4.98 Å². The largest absolute Gasteiger partial charge is 0.352 e. The van der Waals surface area contributed by atoms with Gasteiger partial charge in [0.25, 0.3) is 0 Å². The van der Waals surface area contributed by atoms with Crippen molar-refractivity contribution in [1.29, 1.82) is 0 Å². The molecule has 5 nitrogen and oxygen atoms in total. The van der Waals surface area contributed by atoms with Crippen LogP contribution in [-0.4, -0.2) is 28.0 Å². The predicted molar refractivity (Wildman–Crippen MR) is 72.5 cm³/mol. The molecular weight excluding hydrogens is 240 g/mol. The summed E-state index contributed by atoms with van der Waals surface area (Å²) in [4.78, 5) is 19.7. The molecule has 2 aliphatic rings. The fourth-order valence-corrected chi connectivity index (χ4v) is 3.25. The van der Waals surface area contributed by atoms with E-state index in [4.69, 9.17) is 0 Å². The summed E-state index contributed by atoms with van der Waals surface area (Å²) in [5.41, 5.74) is 2.13. The Morgan fingerprint density at radius 3 is 3.05 bits per heavy atom. The number of rotatable bonds is 3. The summed E-state index contributed by atoms with van der Waals surface area (Å²) >= 11 is 0. The molecule has 19 heavy (non-hydrogen) atoms. The first-order chi connectivity index (χ1) is 9.24. The van der Waals surface area contributed by atoms with Crippen LogP contribution in [-0.2, 0) is 17.8 Å². The van der Waals surface area contributed by atoms with Crippen molar-refractivity contribution in [2.24, 2.45) is 5.92 Å². The Kier molecular flexibility index (Phi) is 3.55. The second-order valence-electron chi connectivity index (χ2n) is 5.81. The Bertz CT molecular complexity index is 450. The fraction of sp³-hybridized carbons (Fsp3) is 0.714. The average molecular weight is 262 g/mol. The molecule has 1 amide bonds. The Morgan fingerprint density at radius 2 is 2.26 bits per heavy atom. The van der Waals surface area contributed by atoms with Gasteiger partial charge in [-0.05, 0) is 25.7 Å². The van der Waals surface area contributed by atoms with Gasteiger partial charge in [-0.1, -0.05) is 12.8 Å². The van der Waals surface area contributed by atoms with Gasteiger partial charge >= 0.3 is 0 Å². The molecule has 1 aliphatic carbocycles. The average Bonchev–Trinajstić information content (AvgIpc) is 3.09. The molecule has 0 saturated heterocycles. The third-order valence-electron chi connectivity index (χ3n) is 4.52. The van der Waals surface area contributed by atoms with Gasteiger partial charge in [-0.2, -0.15) is 0 Å². The van der Waals surface area contributed by atoms with Crippen molar-refractivity contribution in [3.8, 4) is 0 Å². The molecule has 2 atom stereocenters. The molecule has 0 radical (unpaired) electrons. The molecule has 1 aromatic heterocycles. The standard InChI is InChI=1S/C14H22N4O/c1-9(10-4-2-3-5-10)18-14(19)12-6-11-13(7-15-12)17-8-16-11/h8-10,12,15H,2-7H2,1H3,(H,16,17)(H,18,19)/t9-,12?/m1/s1. The number of amides is 1. The predicted octanol–water partition coefficient (Wildman–Crippen LogP) is 1.12. The van der Waals surface area contributed by atoms with Crippen molar-refractivity contribution in [3.63, 3.8) is 0 Å². The van der Waals surface area contributed by atoms with Crippen molar-refractivity contribution >= 4 is 5.91 Å². The smallest absolute Gasteiger partial charge is 0.237 e. The summed E-state index contributed by atoms with van der Waals surface area (Å²) in [6.07, 6.45) is 7.51. The van der Waals surface area contributed by atoms with Crippen LogP contribution in [0.15, 0.2) is 6.33 Å². The van der Waals surface area contributed by atoms with Gasteiger partial charge in [0.2, 0.25) is 5.91 Å². The van der Waals surface area contributed by atoms with Crippen molar-refractivity contribution in [2.45, 2.75) is 57.7 Å². The number of hydrogen-bond donors (Lipinski definition) is 3. The number of nitrogens with one attached hydrogen (secondary N) is 3. The van der Waals surface area contributed by atoms with Crippen molar-refractivity contribution in [2.75, 3.05) is 0 Å². The molecule has 1 fully saturated rings. The molecule has 1 aliphatic heterocycles. The van der Waals surface area contributed by atoms with Gasteiger partial charge in [0.1, 0.15) is 0 Å². The number of hydrogen-bond acceptors (Lipinski definition) is 3. The Hall–Kier alpha value is -1.36. The second kappa shape index (κ2) is 5.33. The van der Waals surface area contributed by atoms with E-state index in [9.17, 15) is 4.79 Å². The number of carbonyl (C=O) groups is 1. The lowest BCUT2D eigenvalue weighted by atomic mass is 9.98. The Labute approximate surface area is 113 Å². The van der Waals surface area contributed by atoms with Crippen molar-refractivity contribution in [1.82, 2.24) is 20.6 Å². The topological polar surface area (TPSA) is 69.8 Å². The maximum atomic E-state index is 12.3. The highest BCUT2D eigenvalue weighted by molar-refractivity contribution is 5.82. The zero-order valence-electron chi connectivity index (χ0n) is 11.4. The first kappa shape index (κ1) is 12.7. The second-order valence-corrected chi connectivity index (χ2v) is 5.81. The van der Waals surface area contributed by atoms with E-state index in [-0.39, 0.29) is 18.0 Å². The molecule has 5 heteroatoms. The maximum absolute atomic E-state index is 12.3. The number of aromatic amines is 1. The zero-order valence-corrected chi connectivity index (χ0v) is 11.4. The number of aromatic nitrogens is 2. The summed E-state index contributed by atoms with van der Waals surface area (Å²) in [5.74, 6) is 0.779. The van der Waals surface area contributed by atoms with Crippen LogP contribution in [0.4, 0.5) is 0 Å². The highest BCUT2D eigenvalue weighted by Crippen LogP contribution is 2.27. The van der Waals surface area contributed by atoms with Crippen LogP contribution in [0.2, 0.25) is 0 Å². The van der Waals surface area contributed by atoms with Gasteiger partial charge < -0.3 is 10.3 Å². The van der Waals surface area contributed by atoms with Crippen LogP contribution in [0.5, 0.6) is 0 Å². The van der Waals surface area contributed by atoms with E-state index in [1.807, 2.05) is 0 Å². The van der Waals surface area contributed by atoms with Crippen LogP contribution in [0.1, 0.15) is 44.0 Å². The summed E-state index contributed by atoms with van der Waals surface area (Å²) in [7, 11) is 0. The highest BCUT2D eigenvalue weighted by atomic mass is 16.2. The van der Waals surface area contributed by atoms with E-state index in [0.29, 0.717) is 18.9 Å². The fourth-order valence-electron chi connectivity index (χ4n) is 3.25. The van der Waals surface area contributed by atoms with E-state index in [2.05, 4.69) is 27.5 Å². The van der Waals surface area contributed by atoms with Crippen LogP contribution in [0, 0.1) is 5.92 Å². The van der Waals surface area contributed by atoms with E-state index in [1.54, 1.807) is 6.33 Å². The molecule has 0 aromatic carbocycles. The minimum atomic E-state index is -0.139. The maximum Gasteiger partial charge on any atom is 0.237 e. The normalized spacial score (nSPS) is 25.0. The van der Waals surface area contributed by atoms with Gasteiger partial charge in [-0.3, -0.25) is 10.1 Å². The van der Waals surface area contributed by atoms with Crippen LogP contribution >= 0.6 is 0 Å². The molecule has 1 saturated carbocycles. The Balaban J connectivity index is 1.56. The number of fused-ring (bicyclic) bond motifs is 1. The lowest BCUT2D eigenvalue weighted by Crippen LogP contribution is -2.51. The molecule has 3 rings (SSSR count). The number of nitrogens with zero attached hydrogens (tertiary/aromatic N) is 1. The molecular formula is C14H22N4O. The quantitative estimate of drug-likeness (QED) is 0.764. The van der Waals surface area contributed by atoms with E-state index >= 15 is 0 Å². The lowest BCUT2D eigenvalue weighted by molar-refractivity contribution is -0.124. The summed E-state index contributed by atoms with van der Waals surface area (Å²) in [5, 5.41) is 6.45. The zero-order chi connectivity index (χ0) is 13.2. The summed E-state index contributed by atoms with van der Waals surface area (Å²) in [6.45, 7) is 2.84. The van der Waals surface area contributed by atoms with Crippen LogP contribution < -0.4 is 10.6 Å². The van der Waals surface area contributed by atoms with E-state index in [0.717, 1.165) is 11.4 Å². The summed E-state index contributed by atoms with van der Waals surface area (Å²) < 4.78 is 0. The van der Waals surface area contributed by atoms with E-state index < -0.39 is 0 Å². The number of H-pyrrole nitrogens is 1. The van der Waals surface area contributed by atoms with Crippen molar-refractivity contribution < 1.29 is 4.79 Å². The molecule has 104 valence electrons. The van der Waals surface area contributed by atoms with Gasteiger partial charge in [0, 0.05) is 19.0 Å². The highest BCUT2D eigenvalue weighted by Gasteiger charge is 2.29. The van der Waals surface area contributed by atoms with E-state index in [1.165, 1.54) is 25.7 Å². The minimum Gasteiger partial charge on any atom is -0.352 e. The van der Waals surface area contributed by atoms with Crippen LogP contribution in [0.3, 0.4) is 0 Å². The monoisotopic (exact) mass is 262 g/mol. The van der Waals surface area contributed by atoms with Gasteiger partial charge in [0.05, 0.1) is 23.8 Å². The minimum absolute atomic E-state index is 0.119. The van der Waals surface area contributed by atoms with Gasteiger partial charge in [-0.15, -0.1) is 0 Å². The molecule has 1 aromatic rings. The molecule has 0 spiro atoms. The van der Waals surface area contributed by atoms with Gasteiger partial charge in [0.15, 0.2) is 0 Å². The first-order valence-electron chi connectivity index (χ1n) is 7.29. The van der Waals surface area contributed by atoms with Crippen molar-refractivity contribution in [3.05, 3.63) is 17.7 Å². The third-order valence-corrected chi connectivity index (χ3v) is 4.52. The molecule has 2 heterocycles. The number of carbonyl (C=O) groups excluding carboxylic acids is 1. The Morgan fingerprint density at radius 1 is 1.47 bits per heavy atom. The SMILES string of the molecule is C[C@@H](NC(=O)C1Cc2nc[nH]c2CN1)C1CCCC1. The lowest BCUT2D eigenvalue weighted by Gasteiger charge is -2.26. The molecule has 1 unspecified atom stereocenters. The molecule has 3 N–H and O–H groups in total. The third kappa shape index (κ3) is 2.66. The summed E-state index contributed by atoms with van der Waals surface area (Å²) in [6, 6.07) is 0.150. The molecule has 0 bridgehead atoms.